The third-order valence-electron chi connectivity index (χ3n) is 0.422. The van der Waals surface area contributed by atoms with Gasteiger partial charge in [-0.05, 0) is 0 Å². The lowest BCUT2D eigenvalue weighted by Crippen LogP contribution is -2.08. The van der Waals surface area contributed by atoms with E-state index in [1.54, 1.807) is 13.8 Å². The minimum Gasteiger partial charge on any atom is -0.328 e. The fraction of sp³-hybridized carbons (Fsp3) is 1.00. The Hall–Kier alpha value is -1.40. The molecule has 1 N–H and O–H groups in total. The van der Waals surface area contributed by atoms with Gasteiger partial charge in [0.2, 0.25) is 6.04 Å². The van der Waals surface area contributed by atoms with Crippen molar-refractivity contribution in [1.29, 1.82) is 0 Å². The molecular weight excluding hydrogens is 144 g/mol. The van der Waals surface area contributed by atoms with E-state index in [1.807, 2.05) is 0 Å². The molecule has 7 nitrogen and oxygen atoms in total. The smallest absolute Gasteiger partial charge is 0.291 e. The molecule has 0 radical (unpaired) electrons. The molecule has 60 valence electrons. The van der Waals surface area contributed by atoms with Gasteiger partial charge in [-0.1, -0.05) is 0 Å². The van der Waals surface area contributed by atoms with Gasteiger partial charge in [-0.3, -0.25) is 10.1 Å². The quantitative estimate of drug-likeness (QED) is 0.430. The van der Waals surface area contributed by atoms with E-state index in [0.717, 1.165) is 0 Å². The molecule has 0 aliphatic carbocycles. The van der Waals surface area contributed by atoms with E-state index < -0.39 is 11.1 Å². The molecule has 0 aliphatic rings. The second kappa shape index (κ2) is 5.73. The van der Waals surface area contributed by atoms with Crippen LogP contribution in [0.15, 0.2) is 0 Å². The van der Waals surface area contributed by atoms with Crippen LogP contribution in [0.1, 0.15) is 13.8 Å². The van der Waals surface area contributed by atoms with Crippen molar-refractivity contribution in [3.63, 3.8) is 0 Å². The lowest BCUT2D eigenvalue weighted by molar-refractivity contribution is -0.742. The summed E-state index contributed by atoms with van der Waals surface area (Å²) in [7, 11) is 0. The topological polar surface area (TPSA) is 107 Å². The summed E-state index contributed by atoms with van der Waals surface area (Å²) < 4.78 is 0. The lowest BCUT2D eigenvalue weighted by atomic mass is 10.4. The highest BCUT2D eigenvalue weighted by Crippen LogP contribution is 1.79. The molecule has 10 heavy (non-hydrogen) atoms. The summed E-state index contributed by atoms with van der Waals surface area (Å²) in [6.45, 7) is 3.08. The Morgan fingerprint density at radius 2 is 1.40 bits per heavy atom. The van der Waals surface area contributed by atoms with Crippen molar-refractivity contribution in [1.82, 2.24) is 0 Å². The Bertz CT molecular complexity index is 118. The van der Waals surface area contributed by atoms with Gasteiger partial charge >= 0.3 is 0 Å². The molecule has 0 aromatic carbocycles. The van der Waals surface area contributed by atoms with E-state index in [1.165, 1.54) is 0 Å². The first-order valence-corrected chi connectivity index (χ1v) is 2.34. The first kappa shape index (κ1) is 11.4. The van der Waals surface area contributed by atoms with Crippen LogP contribution < -0.4 is 0 Å². The monoisotopic (exact) mass is 152 g/mol. The molecule has 0 saturated heterocycles. The van der Waals surface area contributed by atoms with Gasteiger partial charge in [0.15, 0.2) is 0 Å². The van der Waals surface area contributed by atoms with E-state index in [2.05, 4.69) is 0 Å². The van der Waals surface area contributed by atoms with Crippen molar-refractivity contribution in [2.75, 3.05) is 0 Å². The molecule has 0 aromatic heterocycles. The van der Waals surface area contributed by atoms with E-state index in [9.17, 15) is 10.1 Å². The average Bonchev–Trinajstić information content (AvgIpc) is 1.63. The van der Waals surface area contributed by atoms with Crippen LogP contribution in [0.2, 0.25) is 0 Å². The van der Waals surface area contributed by atoms with E-state index in [0.29, 0.717) is 0 Å². The van der Waals surface area contributed by atoms with Crippen molar-refractivity contribution < 1.29 is 15.2 Å². The summed E-state index contributed by atoms with van der Waals surface area (Å²) in [6.07, 6.45) is 0. The van der Waals surface area contributed by atoms with Crippen LogP contribution in [-0.2, 0) is 0 Å². The Balaban J connectivity index is 0. The highest BCUT2D eigenvalue weighted by molar-refractivity contribution is 4.28. The molecule has 0 unspecified atom stereocenters. The first-order valence-electron chi connectivity index (χ1n) is 2.34. The number of hydrogen-bond acceptors (Lipinski definition) is 4. The van der Waals surface area contributed by atoms with Gasteiger partial charge in [0.25, 0.3) is 5.09 Å². The third-order valence-corrected chi connectivity index (χ3v) is 0.422. The maximum Gasteiger partial charge on any atom is 0.291 e. The van der Waals surface area contributed by atoms with Crippen LogP contribution in [0.3, 0.4) is 0 Å². The van der Waals surface area contributed by atoms with Crippen LogP contribution in [-0.4, -0.2) is 21.3 Å². The van der Waals surface area contributed by atoms with Gasteiger partial charge in [0, 0.05) is 18.8 Å². The van der Waals surface area contributed by atoms with Gasteiger partial charge < -0.3 is 5.21 Å². The zero-order valence-corrected chi connectivity index (χ0v) is 5.55. The molecule has 7 heteroatoms. The Kier molecular flexibility index (Phi) is 6.54. The van der Waals surface area contributed by atoms with E-state index in [-0.39, 0.29) is 4.92 Å². The van der Waals surface area contributed by atoms with Crippen LogP contribution in [0.25, 0.3) is 0 Å². The van der Waals surface area contributed by atoms with Gasteiger partial charge in [0.05, 0.1) is 0 Å². The largest absolute Gasteiger partial charge is 0.328 e. The van der Waals surface area contributed by atoms with Crippen molar-refractivity contribution >= 4 is 0 Å². The molecule has 0 amide bonds. The second-order valence-electron chi connectivity index (χ2n) is 1.62. The highest BCUT2D eigenvalue weighted by atomic mass is 16.9. The molecule has 0 fully saturated rings. The van der Waals surface area contributed by atoms with Crippen LogP contribution >= 0.6 is 0 Å². The normalized spacial score (nSPS) is 7.90. The van der Waals surface area contributed by atoms with Gasteiger partial charge in [-0.15, -0.1) is 10.1 Å². The maximum atomic E-state index is 9.50. The molecule has 0 heterocycles. The Morgan fingerprint density at radius 3 is 1.40 bits per heavy atom. The van der Waals surface area contributed by atoms with Crippen molar-refractivity contribution in [2.45, 2.75) is 19.9 Å². The minimum absolute atomic E-state index is 0.333. The Morgan fingerprint density at radius 1 is 1.30 bits per heavy atom. The molecule has 0 saturated carbocycles. The van der Waals surface area contributed by atoms with Crippen LogP contribution in [0.5, 0.6) is 0 Å². The summed E-state index contributed by atoms with van der Waals surface area (Å²) in [4.78, 5) is 17.5. The minimum atomic E-state index is -1.50. The van der Waals surface area contributed by atoms with E-state index >= 15 is 0 Å². The van der Waals surface area contributed by atoms with Gasteiger partial charge in [-0.25, -0.2) is 0 Å². The van der Waals surface area contributed by atoms with Crippen LogP contribution in [0.4, 0.5) is 0 Å². The predicted molar refractivity (Wildman–Crippen MR) is 30.9 cm³/mol. The number of nitro groups is 1. The molecular formula is C3H8N2O5. The molecule has 0 atom stereocenters. The molecule has 0 aliphatic heterocycles. The standard InChI is InChI=1S/C3H7NO2.HNO3/c1-3(2)4(5)6;2-1(3)4/h3H,1-2H3;(H,2,3,4). The third kappa shape index (κ3) is 30.6. The van der Waals surface area contributed by atoms with Crippen molar-refractivity contribution in [2.24, 2.45) is 0 Å². The molecule has 0 aromatic rings. The SMILES string of the molecule is CC(C)[N+](=O)[O-].O=[N+]([O-])O. The molecule has 0 rings (SSSR count). The zero-order valence-electron chi connectivity index (χ0n) is 5.55. The molecule has 0 spiro atoms. The van der Waals surface area contributed by atoms with Crippen molar-refractivity contribution in [3.05, 3.63) is 20.2 Å². The predicted octanol–water partition coefficient (Wildman–Crippen LogP) is 0.324. The lowest BCUT2D eigenvalue weighted by Gasteiger charge is -1.88. The van der Waals surface area contributed by atoms with E-state index in [4.69, 9.17) is 15.3 Å². The fourth-order valence-corrected chi connectivity index (χ4v) is 0. The molecule has 0 bridgehead atoms. The summed E-state index contributed by atoms with van der Waals surface area (Å²) in [5, 5.41) is 23.1. The summed E-state index contributed by atoms with van der Waals surface area (Å²) in [5.74, 6) is 0. The summed E-state index contributed by atoms with van der Waals surface area (Å²) >= 11 is 0. The summed E-state index contributed by atoms with van der Waals surface area (Å²) in [5.41, 5.74) is 0. The number of rotatable bonds is 1. The summed E-state index contributed by atoms with van der Waals surface area (Å²) in [6, 6.07) is -0.426. The van der Waals surface area contributed by atoms with Gasteiger partial charge in [-0.2, -0.15) is 0 Å². The maximum absolute atomic E-state index is 9.50. The fourth-order valence-electron chi connectivity index (χ4n) is 0. The second-order valence-corrected chi connectivity index (χ2v) is 1.62. The van der Waals surface area contributed by atoms with Crippen LogP contribution in [0, 0.1) is 20.2 Å². The average molecular weight is 152 g/mol. The zero-order chi connectivity index (χ0) is 8.73. The highest BCUT2D eigenvalue weighted by Gasteiger charge is 1.99. The van der Waals surface area contributed by atoms with Crippen molar-refractivity contribution in [3.8, 4) is 0 Å². The number of hydrogen-bond donors (Lipinski definition) is 1. The first-order chi connectivity index (χ1) is 4.37. The number of nitrogens with zero attached hydrogens (tertiary/aromatic N) is 2. The van der Waals surface area contributed by atoms with Gasteiger partial charge in [0.1, 0.15) is 0 Å². The Labute approximate surface area is 56.5 Å².